The molecule has 0 saturated heterocycles. The highest BCUT2D eigenvalue weighted by molar-refractivity contribution is 6.30. The standard InChI is InChI=1S/C15H10ClFO/c1-3-10-4-5-15(18-2)14(6-10)11-7-12(16)9-13(17)8-11/h1,4-9H,2H3. The molecule has 2 aromatic carbocycles. The van der Waals surface area contributed by atoms with Crippen molar-refractivity contribution in [2.75, 3.05) is 7.11 Å². The van der Waals surface area contributed by atoms with Crippen LogP contribution in [0.2, 0.25) is 5.02 Å². The third-order valence-corrected chi connectivity index (χ3v) is 2.76. The molecule has 0 bridgehead atoms. The van der Waals surface area contributed by atoms with E-state index < -0.39 is 5.82 Å². The number of ether oxygens (including phenoxy) is 1. The molecule has 1 nitrogen and oxygen atoms in total. The van der Waals surface area contributed by atoms with Crippen molar-refractivity contribution in [2.45, 2.75) is 0 Å². The first-order chi connectivity index (χ1) is 8.63. The van der Waals surface area contributed by atoms with Crippen LogP contribution in [-0.2, 0) is 0 Å². The summed E-state index contributed by atoms with van der Waals surface area (Å²) in [5.41, 5.74) is 2.05. The quantitative estimate of drug-likeness (QED) is 0.738. The van der Waals surface area contributed by atoms with Crippen LogP contribution in [0.3, 0.4) is 0 Å². The second-order valence-corrected chi connectivity index (χ2v) is 4.15. The molecule has 0 heterocycles. The number of rotatable bonds is 2. The van der Waals surface area contributed by atoms with Crippen LogP contribution in [0.5, 0.6) is 5.75 Å². The molecule has 0 unspecified atom stereocenters. The predicted octanol–water partition coefficient (Wildman–Crippen LogP) is 4.14. The first kappa shape index (κ1) is 12.5. The molecule has 0 aliphatic carbocycles. The van der Waals surface area contributed by atoms with E-state index in [-0.39, 0.29) is 0 Å². The van der Waals surface area contributed by atoms with E-state index in [2.05, 4.69) is 5.92 Å². The van der Waals surface area contributed by atoms with Crippen molar-refractivity contribution in [3.05, 3.63) is 52.8 Å². The van der Waals surface area contributed by atoms with Gasteiger partial charge in [0.05, 0.1) is 7.11 Å². The summed E-state index contributed by atoms with van der Waals surface area (Å²) < 4.78 is 18.6. The molecule has 0 amide bonds. The summed E-state index contributed by atoms with van der Waals surface area (Å²) >= 11 is 5.85. The Labute approximate surface area is 110 Å². The van der Waals surface area contributed by atoms with Crippen LogP contribution < -0.4 is 4.74 Å². The highest BCUT2D eigenvalue weighted by Gasteiger charge is 2.09. The average Bonchev–Trinajstić information content (AvgIpc) is 2.36. The Kier molecular flexibility index (Phi) is 3.55. The normalized spacial score (nSPS) is 9.89. The average molecular weight is 261 g/mol. The Morgan fingerprint density at radius 3 is 2.61 bits per heavy atom. The molecule has 0 N–H and O–H groups in total. The van der Waals surface area contributed by atoms with E-state index in [1.807, 2.05) is 0 Å². The summed E-state index contributed by atoms with van der Waals surface area (Å²) in [7, 11) is 1.55. The molecule has 0 spiro atoms. The van der Waals surface area contributed by atoms with E-state index >= 15 is 0 Å². The molecule has 0 atom stereocenters. The van der Waals surface area contributed by atoms with Gasteiger partial charge in [0.25, 0.3) is 0 Å². The molecule has 2 aromatic rings. The maximum absolute atomic E-state index is 13.4. The minimum Gasteiger partial charge on any atom is -0.496 e. The zero-order valence-electron chi connectivity index (χ0n) is 9.71. The van der Waals surface area contributed by atoms with Gasteiger partial charge in [-0.3, -0.25) is 0 Å². The van der Waals surface area contributed by atoms with Crippen molar-refractivity contribution in [2.24, 2.45) is 0 Å². The minimum atomic E-state index is -0.398. The Morgan fingerprint density at radius 2 is 2.00 bits per heavy atom. The van der Waals surface area contributed by atoms with Gasteiger partial charge in [0.15, 0.2) is 0 Å². The van der Waals surface area contributed by atoms with Gasteiger partial charge in [-0.25, -0.2) is 4.39 Å². The van der Waals surface area contributed by atoms with Crippen LogP contribution in [0.15, 0.2) is 36.4 Å². The number of benzene rings is 2. The zero-order chi connectivity index (χ0) is 13.1. The molecular weight excluding hydrogens is 251 g/mol. The van der Waals surface area contributed by atoms with Crippen molar-refractivity contribution in [1.29, 1.82) is 0 Å². The summed E-state index contributed by atoms with van der Waals surface area (Å²) in [6.45, 7) is 0. The summed E-state index contributed by atoms with van der Waals surface area (Å²) in [5, 5.41) is 0.332. The van der Waals surface area contributed by atoms with Gasteiger partial charge in [-0.2, -0.15) is 0 Å². The van der Waals surface area contributed by atoms with E-state index in [0.717, 1.165) is 0 Å². The third kappa shape index (κ3) is 2.47. The van der Waals surface area contributed by atoms with Crippen molar-refractivity contribution in [1.82, 2.24) is 0 Å². The van der Waals surface area contributed by atoms with Gasteiger partial charge in [0, 0.05) is 16.1 Å². The first-order valence-electron chi connectivity index (χ1n) is 5.25. The lowest BCUT2D eigenvalue weighted by molar-refractivity contribution is 0.416. The van der Waals surface area contributed by atoms with Gasteiger partial charge >= 0.3 is 0 Å². The van der Waals surface area contributed by atoms with E-state index in [1.54, 1.807) is 31.4 Å². The Hall–Kier alpha value is -1.98. The Bertz CT molecular complexity index is 609. The number of terminal acetylenes is 1. The van der Waals surface area contributed by atoms with Crippen molar-refractivity contribution < 1.29 is 9.13 Å². The largest absolute Gasteiger partial charge is 0.496 e. The molecule has 2 rings (SSSR count). The monoisotopic (exact) mass is 260 g/mol. The van der Waals surface area contributed by atoms with Crippen molar-refractivity contribution in [3.63, 3.8) is 0 Å². The first-order valence-corrected chi connectivity index (χ1v) is 5.63. The Morgan fingerprint density at radius 1 is 1.22 bits per heavy atom. The van der Waals surface area contributed by atoms with E-state index in [1.165, 1.54) is 12.1 Å². The fourth-order valence-electron chi connectivity index (χ4n) is 1.73. The molecular formula is C15H10ClFO. The lowest BCUT2D eigenvalue weighted by Gasteiger charge is -2.10. The molecule has 0 aliphatic heterocycles. The highest BCUT2D eigenvalue weighted by atomic mass is 35.5. The molecule has 0 fully saturated rings. The van der Waals surface area contributed by atoms with Crippen LogP contribution in [0.25, 0.3) is 11.1 Å². The number of methoxy groups -OCH3 is 1. The lowest BCUT2D eigenvalue weighted by Crippen LogP contribution is -1.90. The summed E-state index contributed by atoms with van der Waals surface area (Å²) in [6.07, 6.45) is 5.36. The lowest BCUT2D eigenvalue weighted by atomic mass is 10.0. The Balaban J connectivity index is 2.65. The van der Waals surface area contributed by atoms with Crippen LogP contribution in [0.1, 0.15) is 5.56 Å². The van der Waals surface area contributed by atoms with E-state index in [9.17, 15) is 4.39 Å². The topological polar surface area (TPSA) is 9.23 Å². The predicted molar refractivity (Wildman–Crippen MR) is 71.3 cm³/mol. The van der Waals surface area contributed by atoms with Crippen molar-refractivity contribution in [3.8, 4) is 29.2 Å². The molecule has 90 valence electrons. The van der Waals surface area contributed by atoms with Gasteiger partial charge < -0.3 is 4.74 Å². The molecule has 3 heteroatoms. The van der Waals surface area contributed by atoms with E-state index in [4.69, 9.17) is 22.8 Å². The van der Waals surface area contributed by atoms with E-state index in [0.29, 0.717) is 27.5 Å². The summed E-state index contributed by atoms with van der Waals surface area (Å²) in [4.78, 5) is 0. The van der Waals surface area contributed by atoms with Crippen LogP contribution in [0.4, 0.5) is 4.39 Å². The fourth-order valence-corrected chi connectivity index (χ4v) is 1.95. The molecule has 0 radical (unpaired) electrons. The fraction of sp³-hybridized carbons (Fsp3) is 0.0667. The number of hydrogen-bond donors (Lipinski definition) is 0. The van der Waals surface area contributed by atoms with Crippen LogP contribution in [0, 0.1) is 18.2 Å². The molecule has 18 heavy (non-hydrogen) atoms. The number of halogens is 2. The second kappa shape index (κ2) is 5.12. The van der Waals surface area contributed by atoms with Crippen LogP contribution in [-0.4, -0.2) is 7.11 Å². The van der Waals surface area contributed by atoms with Crippen molar-refractivity contribution >= 4 is 11.6 Å². The molecule has 0 saturated carbocycles. The maximum atomic E-state index is 13.4. The van der Waals surface area contributed by atoms with Crippen LogP contribution >= 0.6 is 11.6 Å². The molecule has 0 aromatic heterocycles. The van der Waals surface area contributed by atoms with Gasteiger partial charge in [-0.1, -0.05) is 17.5 Å². The van der Waals surface area contributed by atoms with Gasteiger partial charge in [-0.15, -0.1) is 6.42 Å². The zero-order valence-corrected chi connectivity index (χ0v) is 10.5. The SMILES string of the molecule is C#Cc1ccc(OC)c(-c2cc(F)cc(Cl)c2)c1. The third-order valence-electron chi connectivity index (χ3n) is 2.54. The molecule has 0 aliphatic rings. The summed E-state index contributed by atoms with van der Waals surface area (Å²) in [5.74, 6) is 2.76. The van der Waals surface area contributed by atoms with Gasteiger partial charge in [-0.05, 0) is 42.0 Å². The minimum absolute atomic E-state index is 0.332. The second-order valence-electron chi connectivity index (χ2n) is 3.72. The maximum Gasteiger partial charge on any atom is 0.126 e. The van der Waals surface area contributed by atoms with Gasteiger partial charge in [0.2, 0.25) is 0 Å². The smallest absolute Gasteiger partial charge is 0.126 e. The summed E-state index contributed by atoms with van der Waals surface area (Å²) in [6, 6.07) is 9.60. The van der Waals surface area contributed by atoms with Gasteiger partial charge in [0.1, 0.15) is 11.6 Å². The highest BCUT2D eigenvalue weighted by Crippen LogP contribution is 2.32. The number of hydrogen-bond acceptors (Lipinski definition) is 1.